The maximum Gasteiger partial charge on any atom is 0.197 e. The van der Waals surface area contributed by atoms with Crippen LogP contribution in [-0.2, 0) is 0 Å². The molecule has 0 saturated heterocycles. The van der Waals surface area contributed by atoms with E-state index in [1.165, 1.54) is 21.5 Å². The average Bonchev–Trinajstić information content (AvgIpc) is 3.51. The number of nitrogens with zero attached hydrogens (tertiary/aromatic N) is 1. The lowest BCUT2D eigenvalue weighted by molar-refractivity contribution is 0.0990. The Kier molecular flexibility index (Phi) is 4.91. The summed E-state index contributed by atoms with van der Waals surface area (Å²) in [7, 11) is 0. The van der Waals surface area contributed by atoms with E-state index in [1.807, 2.05) is 42.5 Å². The lowest BCUT2D eigenvalue weighted by Crippen LogP contribution is -2.00. The first-order valence-corrected chi connectivity index (χ1v) is 14.4. The molecule has 0 fully saturated rings. The van der Waals surface area contributed by atoms with Crippen molar-refractivity contribution in [1.82, 2.24) is 4.57 Å². The van der Waals surface area contributed by atoms with Gasteiger partial charge in [-0.1, -0.05) is 91.0 Å². The van der Waals surface area contributed by atoms with Gasteiger partial charge in [-0.15, -0.1) is 0 Å². The molecule has 0 aliphatic heterocycles. The van der Waals surface area contributed by atoms with Crippen LogP contribution in [0, 0.1) is 0 Å². The summed E-state index contributed by atoms with van der Waals surface area (Å²) in [6, 6.07) is 45.6. The number of aromatic nitrogens is 1. The van der Waals surface area contributed by atoms with Crippen LogP contribution < -0.4 is 0 Å². The molecule has 1 aliphatic carbocycles. The van der Waals surface area contributed by atoms with Crippen LogP contribution in [0.15, 0.2) is 139 Å². The summed E-state index contributed by atoms with van der Waals surface area (Å²) in [6.45, 7) is 0. The molecule has 7 aromatic carbocycles. The molecule has 0 saturated carbocycles. The number of benzene rings is 7. The maximum atomic E-state index is 13.4. The molecule has 3 heteroatoms. The molecule has 8 aromatic rings. The molecule has 200 valence electrons. The van der Waals surface area contributed by atoms with Crippen molar-refractivity contribution in [2.24, 2.45) is 0 Å². The van der Waals surface area contributed by atoms with E-state index in [4.69, 9.17) is 0 Å². The lowest BCUT2D eigenvalue weighted by atomic mass is 10.00. The Labute approximate surface area is 246 Å². The fourth-order valence-electron chi connectivity index (χ4n) is 6.81. The van der Waals surface area contributed by atoms with Gasteiger partial charge in [0.15, 0.2) is 11.6 Å². The van der Waals surface area contributed by atoms with Gasteiger partial charge in [-0.2, -0.15) is 0 Å². The highest BCUT2D eigenvalue weighted by atomic mass is 16.2. The Morgan fingerprint density at radius 1 is 0.465 bits per heavy atom. The molecule has 0 atom stereocenters. The number of rotatable bonds is 2. The standard InChI is InChI=1S/C40H23NO2/c42-39-33-22-27-9-3-4-10-28(27)23-34(33)40(43)35(39)20-24-13-17-31-29(19-24)15-18-37-38(31)32-11-5-6-12-36(32)41(37)30-16-14-25-7-1-2-8-26(25)21-30/h1-23H. The summed E-state index contributed by atoms with van der Waals surface area (Å²) < 4.78 is 2.34. The normalized spacial score (nSPS) is 13.2. The highest BCUT2D eigenvalue weighted by molar-refractivity contribution is 6.42. The number of fused-ring (bicyclic) bond motifs is 8. The molecule has 1 aromatic heterocycles. The number of Topliss-reactive ketones (excluding diaryl/α,β-unsaturated/α-hetero) is 2. The van der Waals surface area contributed by atoms with Crippen molar-refractivity contribution in [2.45, 2.75) is 0 Å². The maximum absolute atomic E-state index is 13.4. The van der Waals surface area contributed by atoms with Gasteiger partial charge in [0.1, 0.15) is 0 Å². The summed E-state index contributed by atoms with van der Waals surface area (Å²) in [6.07, 6.45) is 1.75. The van der Waals surface area contributed by atoms with Crippen LogP contribution in [0.25, 0.3) is 65.9 Å². The largest absolute Gasteiger partial charge is 0.309 e. The van der Waals surface area contributed by atoms with Gasteiger partial charge in [0, 0.05) is 27.6 Å². The third kappa shape index (κ3) is 3.49. The van der Waals surface area contributed by atoms with Crippen LogP contribution in [0.1, 0.15) is 26.3 Å². The first-order chi connectivity index (χ1) is 21.1. The van der Waals surface area contributed by atoms with Crippen molar-refractivity contribution in [2.75, 3.05) is 0 Å². The zero-order valence-electron chi connectivity index (χ0n) is 23.0. The van der Waals surface area contributed by atoms with Gasteiger partial charge in [-0.3, -0.25) is 9.59 Å². The van der Waals surface area contributed by atoms with Crippen LogP contribution >= 0.6 is 0 Å². The van der Waals surface area contributed by atoms with E-state index in [0.29, 0.717) is 11.1 Å². The second-order valence-electron chi connectivity index (χ2n) is 11.3. The van der Waals surface area contributed by atoms with Crippen LogP contribution in [-0.4, -0.2) is 16.1 Å². The second-order valence-corrected chi connectivity index (χ2v) is 11.3. The topological polar surface area (TPSA) is 39.1 Å². The van der Waals surface area contributed by atoms with Crippen molar-refractivity contribution in [1.29, 1.82) is 0 Å². The zero-order valence-corrected chi connectivity index (χ0v) is 23.0. The quantitative estimate of drug-likeness (QED) is 0.159. The summed E-state index contributed by atoms with van der Waals surface area (Å²) in [5.41, 5.74) is 5.43. The Hall–Kier alpha value is -5.80. The molecule has 0 unspecified atom stereocenters. The van der Waals surface area contributed by atoms with Crippen LogP contribution in [0.2, 0.25) is 0 Å². The Bertz CT molecular complexity index is 2490. The molecule has 9 rings (SSSR count). The van der Waals surface area contributed by atoms with Crippen LogP contribution in [0.3, 0.4) is 0 Å². The second kappa shape index (κ2) is 8.85. The minimum atomic E-state index is -0.209. The Morgan fingerprint density at radius 3 is 1.84 bits per heavy atom. The molecule has 0 N–H and O–H groups in total. The minimum Gasteiger partial charge on any atom is -0.309 e. The predicted octanol–water partition coefficient (Wildman–Crippen LogP) is 9.71. The molecule has 1 aliphatic rings. The van der Waals surface area contributed by atoms with Gasteiger partial charge >= 0.3 is 0 Å². The third-order valence-electron chi connectivity index (χ3n) is 8.84. The van der Waals surface area contributed by atoms with Crippen molar-refractivity contribution < 1.29 is 9.59 Å². The number of allylic oxidation sites excluding steroid dienone is 1. The number of ketones is 2. The number of hydrogen-bond acceptors (Lipinski definition) is 2. The third-order valence-corrected chi connectivity index (χ3v) is 8.84. The number of carbonyl (C=O) groups excluding carboxylic acids is 2. The summed E-state index contributed by atoms with van der Waals surface area (Å²) in [5.74, 6) is -0.417. The van der Waals surface area contributed by atoms with Gasteiger partial charge in [0.2, 0.25) is 0 Å². The summed E-state index contributed by atoms with van der Waals surface area (Å²) >= 11 is 0. The predicted molar refractivity (Wildman–Crippen MR) is 176 cm³/mol. The highest BCUT2D eigenvalue weighted by Crippen LogP contribution is 2.38. The molecule has 0 amide bonds. The van der Waals surface area contributed by atoms with E-state index in [-0.39, 0.29) is 17.1 Å². The van der Waals surface area contributed by atoms with Crippen LogP contribution in [0.5, 0.6) is 0 Å². The summed E-state index contributed by atoms with van der Waals surface area (Å²) in [5, 5.41) is 8.91. The highest BCUT2D eigenvalue weighted by Gasteiger charge is 2.33. The van der Waals surface area contributed by atoms with Gasteiger partial charge in [-0.25, -0.2) is 0 Å². The number of para-hydroxylation sites is 1. The van der Waals surface area contributed by atoms with Gasteiger partial charge in [0.25, 0.3) is 0 Å². The van der Waals surface area contributed by atoms with E-state index < -0.39 is 0 Å². The van der Waals surface area contributed by atoms with Crippen molar-refractivity contribution in [3.63, 3.8) is 0 Å². The first-order valence-electron chi connectivity index (χ1n) is 14.4. The van der Waals surface area contributed by atoms with Crippen molar-refractivity contribution >= 4 is 71.8 Å². The minimum absolute atomic E-state index is 0.209. The Morgan fingerprint density at radius 2 is 1.09 bits per heavy atom. The van der Waals surface area contributed by atoms with Crippen LogP contribution in [0.4, 0.5) is 0 Å². The van der Waals surface area contributed by atoms with Gasteiger partial charge in [0.05, 0.1) is 16.6 Å². The molecular weight excluding hydrogens is 526 g/mol. The molecule has 43 heavy (non-hydrogen) atoms. The zero-order chi connectivity index (χ0) is 28.7. The monoisotopic (exact) mass is 549 g/mol. The number of hydrogen-bond donors (Lipinski definition) is 0. The summed E-state index contributed by atoms with van der Waals surface area (Å²) in [4.78, 5) is 26.7. The van der Waals surface area contributed by atoms with E-state index in [1.54, 1.807) is 6.08 Å². The molecular formula is C40H23NO2. The number of carbonyl (C=O) groups is 2. The van der Waals surface area contributed by atoms with Gasteiger partial charge in [-0.05, 0) is 86.4 Å². The molecule has 0 radical (unpaired) electrons. The van der Waals surface area contributed by atoms with E-state index in [2.05, 4.69) is 95.6 Å². The van der Waals surface area contributed by atoms with Crippen molar-refractivity contribution in [3.8, 4) is 5.69 Å². The molecule has 3 nitrogen and oxygen atoms in total. The van der Waals surface area contributed by atoms with E-state index in [9.17, 15) is 9.59 Å². The average molecular weight is 550 g/mol. The molecule has 0 spiro atoms. The van der Waals surface area contributed by atoms with E-state index >= 15 is 0 Å². The first kappa shape index (κ1) is 23.9. The van der Waals surface area contributed by atoms with E-state index in [0.717, 1.165) is 43.8 Å². The fourth-order valence-corrected chi connectivity index (χ4v) is 6.81. The van der Waals surface area contributed by atoms with Gasteiger partial charge < -0.3 is 4.57 Å². The lowest BCUT2D eigenvalue weighted by Gasteiger charge is -2.10. The molecule has 0 bridgehead atoms. The Balaban J connectivity index is 1.20. The van der Waals surface area contributed by atoms with Crippen molar-refractivity contribution in [3.05, 3.63) is 156 Å². The fraction of sp³-hybridized carbons (Fsp3) is 0. The SMILES string of the molecule is O=C1C(=Cc2ccc3c(ccc4c3c3ccccc3n4-c3ccc4ccccc4c3)c2)C(=O)c2cc3ccccc3cc21. The molecule has 1 heterocycles. The smallest absolute Gasteiger partial charge is 0.197 e.